The molecule has 0 aliphatic carbocycles. The van der Waals surface area contributed by atoms with Crippen LogP contribution in [0.15, 0.2) is 84.3 Å². The molecule has 0 saturated carbocycles. The molecule has 3 rings (SSSR count). The lowest BCUT2D eigenvalue weighted by molar-refractivity contribution is -0.157. The van der Waals surface area contributed by atoms with E-state index in [0.717, 1.165) is 0 Å². The molecule has 2 amide bonds. The maximum absolute atomic E-state index is 13.5. The van der Waals surface area contributed by atoms with Crippen molar-refractivity contribution in [3.8, 4) is 0 Å². The van der Waals surface area contributed by atoms with Crippen molar-refractivity contribution in [2.24, 2.45) is 11.8 Å². The Kier molecular flexibility index (Phi) is 11.2. The second-order valence-corrected chi connectivity index (χ2v) is 9.74. The number of aromatic nitrogens is 1. The number of carbonyl (C=O) groups excluding carboxylic acids is 3. The van der Waals surface area contributed by atoms with E-state index in [4.69, 9.17) is 9.15 Å². The molecule has 0 saturated heterocycles. The third-order valence-corrected chi connectivity index (χ3v) is 6.44. The van der Waals surface area contributed by atoms with E-state index >= 15 is 0 Å². The largest absolute Gasteiger partial charge is 0.455 e. The molecular weight excluding hydrogens is 510 g/mol. The summed E-state index contributed by atoms with van der Waals surface area (Å²) in [6, 6.07) is 15.3. The number of nitrogens with one attached hydrogen (secondary N) is 2. The van der Waals surface area contributed by atoms with Crippen LogP contribution in [0.2, 0.25) is 0 Å². The van der Waals surface area contributed by atoms with Crippen molar-refractivity contribution in [1.29, 1.82) is 0 Å². The lowest BCUT2D eigenvalue weighted by atomic mass is 9.98. The Morgan fingerprint density at radius 1 is 0.975 bits per heavy atom. The van der Waals surface area contributed by atoms with Gasteiger partial charge in [-0.2, -0.15) is 0 Å². The first-order valence-electron chi connectivity index (χ1n) is 13.3. The number of hydrogen-bond acceptors (Lipinski definition) is 7. The first-order valence-corrected chi connectivity index (χ1v) is 13.3. The molecule has 40 heavy (non-hydrogen) atoms. The summed E-state index contributed by atoms with van der Waals surface area (Å²) in [5.74, 6) is -2.81. The molecule has 9 heteroatoms. The number of hydrogen-bond donors (Lipinski definition) is 3. The number of aliphatic hydroxyl groups is 1. The van der Waals surface area contributed by atoms with Crippen molar-refractivity contribution in [2.75, 3.05) is 6.61 Å². The highest BCUT2D eigenvalue weighted by atomic mass is 16.5. The molecular formula is C31H37N3O6. The van der Waals surface area contributed by atoms with Gasteiger partial charge in [-0.05, 0) is 44.4 Å². The van der Waals surface area contributed by atoms with Gasteiger partial charge in [-0.15, -0.1) is 13.2 Å². The van der Waals surface area contributed by atoms with Crippen LogP contribution in [-0.4, -0.2) is 46.6 Å². The number of allylic oxidation sites excluding steroid dienone is 2. The van der Waals surface area contributed by atoms with Crippen LogP contribution in [-0.2, 0) is 25.5 Å². The van der Waals surface area contributed by atoms with Gasteiger partial charge in [-0.25, -0.2) is 4.98 Å². The molecule has 1 unspecified atom stereocenters. The molecule has 3 N–H and O–H groups in total. The number of ether oxygens (including phenoxy) is 1. The fraction of sp³-hybridized carbons (Fsp3) is 0.355. The van der Waals surface area contributed by atoms with Crippen LogP contribution in [0, 0.1) is 11.8 Å². The van der Waals surface area contributed by atoms with E-state index in [1.807, 2.05) is 42.5 Å². The molecule has 0 aliphatic rings. The maximum Gasteiger partial charge on any atom is 0.310 e. The summed E-state index contributed by atoms with van der Waals surface area (Å²) >= 11 is 0. The predicted octanol–water partition coefficient (Wildman–Crippen LogP) is 4.04. The molecule has 0 fully saturated rings. The van der Waals surface area contributed by atoms with Gasteiger partial charge in [0.2, 0.25) is 11.8 Å². The summed E-state index contributed by atoms with van der Waals surface area (Å²) in [5, 5.41) is 14.7. The van der Waals surface area contributed by atoms with E-state index in [9.17, 15) is 19.5 Å². The minimum atomic E-state index is -1.06. The van der Waals surface area contributed by atoms with Crippen molar-refractivity contribution in [1.82, 2.24) is 15.6 Å². The number of rotatable bonds is 15. The van der Waals surface area contributed by atoms with E-state index in [1.54, 1.807) is 32.1 Å². The smallest absolute Gasteiger partial charge is 0.310 e. The number of fused-ring (bicyclic) bond motifs is 1. The lowest BCUT2D eigenvalue weighted by Crippen LogP contribution is -2.48. The summed E-state index contributed by atoms with van der Waals surface area (Å²) in [4.78, 5) is 43.8. The van der Waals surface area contributed by atoms with E-state index in [0.29, 0.717) is 29.0 Å². The Balaban J connectivity index is 1.79. The molecule has 0 spiro atoms. The van der Waals surface area contributed by atoms with Gasteiger partial charge in [-0.1, -0.05) is 54.6 Å². The number of nitrogens with zero attached hydrogens (tertiary/aromatic N) is 1. The second-order valence-electron chi connectivity index (χ2n) is 9.74. The number of benzene rings is 2. The van der Waals surface area contributed by atoms with Gasteiger partial charge in [0.15, 0.2) is 11.5 Å². The van der Waals surface area contributed by atoms with E-state index in [2.05, 4.69) is 28.8 Å². The van der Waals surface area contributed by atoms with Crippen LogP contribution in [0.5, 0.6) is 0 Å². The number of para-hydroxylation sites is 2. The molecule has 9 nitrogen and oxygen atoms in total. The second kappa shape index (κ2) is 14.8. The average molecular weight is 548 g/mol. The number of amides is 2. The minimum Gasteiger partial charge on any atom is -0.455 e. The zero-order chi connectivity index (χ0) is 29.1. The van der Waals surface area contributed by atoms with Crippen LogP contribution >= 0.6 is 0 Å². The van der Waals surface area contributed by atoms with Crippen LogP contribution < -0.4 is 10.6 Å². The predicted molar refractivity (Wildman–Crippen MR) is 152 cm³/mol. The Morgan fingerprint density at radius 3 is 2.27 bits per heavy atom. The third kappa shape index (κ3) is 8.13. The minimum absolute atomic E-state index is 0.101. The Labute approximate surface area is 234 Å². The molecule has 212 valence electrons. The van der Waals surface area contributed by atoms with Crippen LogP contribution in [0.1, 0.15) is 44.2 Å². The number of carbonyl (C=O) groups is 3. The summed E-state index contributed by atoms with van der Waals surface area (Å²) in [6.07, 6.45) is 2.95. The average Bonchev–Trinajstić information content (AvgIpc) is 3.36. The van der Waals surface area contributed by atoms with E-state index in [1.165, 1.54) is 6.08 Å². The quantitative estimate of drug-likeness (QED) is 0.149. The Bertz CT molecular complexity index is 1270. The molecule has 1 heterocycles. The molecule has 2 aromatic carbocycles. The van der Waals surface area contributed by atoms with Crippen molar-refractivity contribution in [2.45, 2.75) is 51.3 Å². The van der Waals surface area contributed by atoms with Crippen LogP contribution in [0.25, 0.3) is 11.1 Å². The van der Waals surface area contributed by atoms with Gasteiger partial charge in [-0.3, -0.25) is 14.4 Å². The third-order valence-electron chi connectivity index (χ3n) is 6.44. The van der Waals surface area contributed by atoms with Gasteiger partial charge in [0.05, 0.1) is 18.6 Å². The van der Waals surface area contributed by atoms with Gasteiger partial charge in [0, 0.05) is 12.5 Å². The monoisotopic (exact) mass is 547 g/mol. The fourth-order valence-corrected chi connectivity index (χ4v) is 4.29. The van der Waals surface area contributed by atoms with Crippen molar-refractivity contribution >= 4 is 28.9 Å². The lowest BCUT2D eigenvalue weighted by Gasteiger charge is -2.28. The van der Waals surface area contributed by atoms with E-state index < -0.39 is 47.8 Å². The van der Waals surface area contributed by atoms with Crippen molar-refractivity contribution < 1.29 is 28.6 Å². The van der Waals surface area contributed by atoms with Gasteiger partial charge < -0.3 is 24.9 Å². The SMILES string of the molecule is C=CCC(C(=O)N[C@@H](C)CO)C(=O)N[C@H](C)[C@@H](OC(=O)[C@H](CC=C)Cc1nc2ccccc2o1)c1ccccc1. The summed E-state index contributed by atoms with van der Waals surface area (Å²) in [7, 11) is 0. The molecule has 0 aliphatic heterocycles. The summed E-state index contributed by atoms with van der Waals surface area (Å²) in [6.45, 7) is 10.5. The fourth-order valence-electron chi connectivity index (χ4n) is 4.29. The Hall–Kier alpha value is -4.24. The number of oxazole rings is 1. The Morgan fingerprint density at radius 2 is 1.62 bits per heavy atom. The summed E-state index contributed by atoms with van der Waals surface area (Å²) < 4.78 is 11.8. The number of aliphatic hydroxyl groups excluding tert-OH is 1. The molecule has 1 aromatic heterocycles. The normalized spacial score (nSPS) is 14.8. The highest BCUT2D eigenvalue weighted by Crippen LogP contribution is 2.26. The van der Waals surface area contributed by atoms with Crippen molar-refractivity contribution in [3.63, 3.8) is 0 Å². The maximum atomic E-state index is 13.5. The highest BCUT2D eigenvalue weighted by molar-refractivity contribution is 6.00. The highest BCUT2D eigenvalue weighted by Gasteiger charge is 2.33. The first-order chi connectivity index (χ1) is 19.3. The van der Waals surface area contributed by atoms with Gasteiger partial charge >= 0.3 is 5.97 Å². The van der Waals surface area contributed by atoms with Crippen LogP contribution in [0.3, 0.4) is 0 Å². The van der Waals surface area contributed by atoms with Gasteiger partial charge in [0.1, 0.15) is 17.5 Å². The standard InChI is InChI=1S/C31H37N3O6/c1-5-12-23(18-27-34-25-16-10-11-17-26(25)39-27)31(38)40-28(22-14-8-7-9-15-22)21(4)33-30(37)24(13-6-2)29(36)32-20(3)19-35/h5-11,14-17,20-21,23-24,28,35H,1-2,12-13,18-19H2,3-4H3,(H,32,36)(H,33,37)/t20-,21+,23+,24?,28+/m0/s1. The zero-order valence-corrected chi connectivity index (χ0v) is 22.9. The molecule has 0 bridgehead atoms. The molecule has 0 radical (unpaired) electrons. The van der Waals surface area contributed by atoms with E-state index in [-0.39, 0.29) is 19.4 Å². The zero-order valence-electron chi connectivity index (χ0n) is 22.9. The number of esters is 1. The summed E-state index contributed by atoms with van der Waals surface area (Å²) in [5.41, 5.74) is 2.02. The van der Waals surface area contributed by atoms with Crippen LogP contribution in [0.4, 0.5) is 0 Å². The van der Waals surface area contributed by atoms with Crippen molar-refractivity contribution in [3.05, 3.63) is 91.4 Å². The molecule has 5 atom stereocenters. The topological polar surface area (TPSA) is 131 Å². The van der Waals surface area contributed by atoms with Gasteiger partial charge in [0.25, 0.3) is 0 Å². The first kappa shape index (κ1) is 30.3. The molecule has 3 aromatic rings.